The number of carbonyl (C=O) groups excluding carboxylic acids is 1. The second-order valence-electron chi connectivity index (χ2n) is 7.10. The van der Waals surface area contributed by atoms with Gasteiger partial charge in [-0.15, -0.1) is 0 Å². The van der Waals surface area contributed by atoms with E-state index in [0.29, 0.717) is 11.0 Å². The molecule has 0 radical (unpaired) electrons. The molecule has 7 nitrogen and oxygen atoms in total. The molecule has 0 aliphatic carbocycles. The van der Waals surface area contributed by atoms with Crippen molar-refractivity contribution in [1.29, 1.82) is 0 Å². The number of aliphatic imine (C=N–C) groups is 1. The molecule has 0 bridgehead atoms. The summed E-state index contributed by atoms with van der Waals surface area (Å²) in [6, 6.07) is 7.76. The second-order valence-corrected chi connectivity index (χ2v) is 7.54. The highest BCUT2D eigenvalue weighted by atomic mass is 35.5. The fourth-order valence-corrected chi connectivity index (χ4v) is 2.94. The molecule has 28 heavy (non-hydrogen) atoms. The van der Waals surface area contributed by atoms with Gasteiger partial charge < -0.3 is 20.3 Å². The van der Waals surface area contributed by atoms with Crippen molar-refractivity contribution in [2.75, 3.05) is 60.0 Å². The summed E-state index contributed by atoms with van der Waals surface area (Å²) >= 11 is 5.97. The molecule has 1 amide bonds. The van der Waals surface area contributed by atoms with E-state index in [1.807, 2.05) is 24.3 Å². The zero-order valence-corrected chi connectivity index (χ0v) is 17.8. The second kappa shape index (κ2) is 11.9. The fourth-order valence-electron chi connectivity index (χ4n) is 2.81. The van der Waals surface area contributed by atoms with Gasteiger partial charge in [0.15, 0.2) is 5.96 Å². The Hall–Kier alpha value is -1.83. The van der Waals surface area contributed by atoms with Crippen molar-refractivity contribution in [2.45, 2.75) is 19.4 Å². The standard InChI is InChI=1S/C20H32ClN5O2/c1-16(17-5-7-18(21)8-6-17)24-20(23-15-19(27)25(2)3)22-9-4-10-26-11-13-28-14-12-26/h5-8,16H,4,9-15H2,1-3H3,(H2,22,23,24). The molecule has 0 saturated carbocycles. The fraction of sp³-hybridized carbons (Fsp3) is 0.600. The normalized spacial score (nSPS) is 16.5. The lowest BCUT2D eigenvalue weighted by molar-refractivity contribution is -0.127. The predicted octanol–water partition coefficient (Wildman–Crippen LogP) is 1.75. The van der Waals surface area contributed by atoms with E-state index >= 15 is 0 Å². The Morgan fingerprint density at radius 2 is 1.96 bits per heavy atom. The smallest absolute Gasteiger partial charge is 0.243 e. The summed E-state index contributed by atoms with van der Waals surface area (Å²) in [6.45, 7) is 7.58. The average molecular weight is 410 g/mol. The molecule has 2 rings (SSSR count). The lowest BCUT2D eigenvalue weighted by Gasteiger charge is -2.26. The van der Waals surface area contributed by atoms with Crippen LogP contribution in [-0.4, -0.2) is 81.7 Å². The Morgan fingerprint density at radius 1 is 1.29 bits per heavy atom. The number of nitrogens with zero attached hydrogens (tertiary/aromatic N) is 3. The number of carbonyl (C=O) groups is 1. The van der Waals surface area contributed by atoms with Crippen LogP contribution in [0, 0.1) is 0 Å². The van der Waals surface area contributed by atoms with Crippen molar-refractivity contribution in [3.05, 3.63) is 34.9 Å². The Balaban J connectivity index is 1.88. The van der Waals surface area contributed by atoms with E-state index < -0.39 is 0 Å². The van der Waals surface area contributed by atoms with Gasteiger partial charge in [-0.1, -0.05) is 23.7 Å². The van der Waals surface area contributed by atoms with Crippen LogP contribution in [0.25, 0.3) is 0 Å². The lowest BCUT2D eigenvalue weighted by atomic mass is 10.1. The number of nitrogens with one attached hydrogen (secondary N) is 2. The van der Waals surface area contributed by atoms with E-state index in [2.05, 4.69) is 27.4 Å². The Bertz CT molecular complexity index is 630. The SMILES string of the molecule is CC(NC(=NCC(=O)N(C)C)NCCCN1CCOCC1)c1ccc(Cl)cc1. The van der Waals surface area contributed by atoms with Crippen molar-refractivity contribution in [2.24, 2.45) is 4.99 Å². The summed E-state index contributed by atoms with van der Waals surface area (Å²) in [5.41, 5.74) is 1.10. The number of likely N-dealkylation sites (N-methyl/N-ethyl adjacent to an activating group) is 1. The van der Waals surface area contributed by atoms with E-state index in [1.54, 1.807) is 19.0 Å². The number of morpholine rings is 1. The van der Waals surface area contributed by atoms with Crippen LogP contribution in [0.2, 0.25) is 5.02 Å². The molecule has 2 N–H and O–H groups in total. The summed E-state index contributed by atoms with van der Waals surface area (Å²) < 4.78 is 5.38. The Labute approximate surface area is 173 Å². The van der Waals surface area contributed by atoms with E-state index in [0.717, 1.165) is 51.4 Å². The van der Waals surface area contributed by atoms with Crippen molar-refractivity contribution in [3.8, 4) is 0 Å². The van der Waals surface area contributed by atoms with Crippen LogP contribution in [-0.2, 0) is 9.53 Å². The van der Waals surface area contributed by atoms with Gasteiger partial charge in [0, 0.05) is 38.8 Å². The predicted molar refractivity (Wildman–Crippen MR) is 114 cm³/mol. The molecule has 1 aromatic carbocycles. The molecule has 1 aliphatic rings. The van der Waals surface area contributed by atoms with Crippen LogP contribution in [0.1, 0.15) is 24.9 Å². The first kappa shape index (κ1) is 22.5. The first-order chi connectivity index (χ1) is 13.5. The molecule has 1 heterocycles. The van der Waals surface area contributed by atoms with Gasteiger partial charge in [-0.2, -0.15) is 0 Å². The van der Waals surface area contributed by atoms with Gasteiger partial charge in [0.2, 0.25) is 5.91 Å². The maximum Gasteiger partial charge on any atom is 0.243 e. The number of guanidine groups is 1. The molecule has 0 spiro atoms. The molecule has 156 valence electrons. The van der Waals surface area contributed by atoms with Gasteiger partial charge in [0.25, 0.3) is 0 Å². The van der Waals surface area contributed by atoms with E-state index in [4.69, 9.17) is 16.3 Å². The minimum absolute atomic E-state index is 0.0337. The van der Waals surface area contributed by atoms with E-state index in [9.17, 15) is 4.79 Å². The zero-order chi connectivity index (χ0) is 20.4. The van der Waals surface area contributed by atoms with Gasteiger partial charge >= 0.3 is 0 Å². The molecule has 0 aromatic heterocycles. The quantitative estimate of drug-likeness (QED) is 0.389. The monoisotopic (exact) mass is 409 g/mol. The number of benzene rings is 1. The third-order valence-corrected chi connectivity index (χ3v) is 4.89. The zero-order valence-electron chi connectivity index (χ0n) is 17.1. The number of rotatable bonds is 8. The van der Waals surface area contributed by atoms with Crippen molar-refractivity contribution >= 4 is 23.5 Å². The molecule has 1 unspecified atom stereocenters. The van der Waals surface area contributed by atoms with Gasteiger partial charge in [0.05, 0.1) is 19.3 Å². The molecule has 1 fully saturated rings. The van der Waals surface area contributed by atoms with Crippen LogP contribution in [0.5, 0.6) is 0 Å². The maximum absolute atomic E-state index is 11.9. The summed E-state index contributed by atoms with van der Waals surface area (Å²) in [5.74, 6) is 0.605. The molecular formula is C20H32ClN5O2. The van der Waals surface area contributed by atoms with Crippen LogP contribution in [0.4, 0.5) is 0 Å². The number of amides is 1. The first-order valence-electron chi connectivity index (χ1n) is 9.76. The molecular weight excluding hydrogens is 378 g/mol. The van der Waals surface area contributed by atoms with Gasteiger partial charge in [0.1, 0.15) is 6.54 Å². The molecule has 1 aliphatic heterocycles. The third kappa shape index (κ3) is 8.04. The van der Waals surface area contributed by atoms with E-state index in [-0.39, 0.29) is 18.5 Å². The third-order valence-electron chi connectivity index (χ3n) is 4.64. The van der Waals surface area contributed by atoms with E-state index in [1.165, 1.54) is 0 Å². The first-order valence-corrected chi connectivity index (χ1v) is 10.1. The molecule has 1 atom stereocenters. The minimum Gasteiger partial charge on any atom is -0.379 e. The highest BCUT2D eigenvalue weighted by Crippen LogP contribution is 2.15. The average Bonchev–Trinajstić information content (AvgIpc) is 2.70. The lowest BCUT2D eigenvalue weighted by Crippen LogP contribution is -2.42. The van der Waals surface area contributed by atoms with Gasteiger partial charge in [-0.05, 0) is 37.6 Å². The summed E-state index contributed by atoms with van der Waals surface area (Å²) in [5, 5.41) is 7.44. The number of hydrogen-bond acceptors (Lipinski definition) is 4. The minimum atomic E-state index is -0.0337. The summed E-state index contributed by atoms with van der Waals surface area (Å²) in [6.07, 6.45) is 0.998. The molecule has 1 saturated heterocycles. The van der Waals surface area contributed by atoms with Crippen LogP contribution in [0.3, 0.4) is 0 Å². The van der Waals surface area contributed by atoms with Crippen molar-refractivity contribution in [1.82, 2.24) is 20.4 Å². The highest BCUT2D eigenvalue weighted by Gasteiger charge is 2.11. The Kier molecular flexibility index (Phi) is 9.54. The van der Waals surface area contributed by atoms with Crippen LogP contribution >= 0.6 is 11.6 Å². The van der Waals surface area contributed by atoms with Gasteiger partial charge in [-0.25, -0.2) is 4.99 Å². The highest BCUT2D eigenvalue weighted by molar-refractivity contribution is 6.30. The van der Waals surface area contributed by atoms with Crippen molar-refractivity contribution in [3.63, 3.8) is 0 Å². The number of halogens is 1. The van der Waals surface area contributed by atoms with Crippen LogP contribution < -0.4 is 10.6 Å². The Morgan fingerprint density at radius 3 is 2.61 bits per heavy atom. The molecule has 8 heteroatoms. The summed E-state index contributed by atoms with van der Waals surface area (Å²) in [4.78, 5) is 20.3. The van der Waals surface area contributed by atoms with Crippen LogP contribution in [0.15, 0.2) is 29.3 Å². The maximum atomic E-state index is 11.9. The summed E-state index contributed by atoms with van der Waals surface area (Å²) in [7, 11) is 3.47. The number of hydrogen-bond donors (Lipinski definition) is 2. The topological polar surface area (TPSA) is 69.2 Å². The van der Waals surface area contributed by atoms with Crippen molar-refractivity contribution < 1.29 is 9.53 Å². The van der Waals surface area contributed by atoms with Gasteiger partial charge in [-0.3, -0.25) is 9.69 Å². The number of ether oxygens (including phenoxy) is 1. The molecule has 1 aromatic rings. The largest absolute Gasteiger partial charge is 0.379 e.